The molecule has 0 bridgehead atoms. The molecule has 2 amide bonds. The van der Waals surface area contributed by atoms with Gasteiger partial charge in [0.25, 0.3) is 0 Å². The number of aromatic nitrogens is 1. The van der Waals surface area contributed by atoms with Gasteiger partial charge in [0.1, 0.15) is 5.76 Å². The van der Waals surface area contributed by atoms with Crippen molar-refractivity contribution in [1.29, 1.82) is 0 Å². The van der Waals surface area contributed by atoms with E-state index in [0.29, 0.717) is 53.6 Å². The summed E-state index contributed by atoms with van der Waals surface area (Å²) in [5.41, 5.74) is 0. The molecule has 0 radical (unpaired) electrons. The van der Waals surface area contributed by atoms with Gasteiger partial charge in [-0.25, -0.2) is 0 Å². The lowest BCUT2D eigenvalue weighted by Crippen LogP contribution is -2.50. The molecular formula is C18H20Cl2N4O3S. The monoisotopic (exact) mass is 442 g/mol. The Balaban J connectivity index is 1.41. The second-order valence-corrected chi connectivity index (χ2v) is 8.25. The molecule has 2 heterocycles. The van der Waals surface area contributed by atoms with E-state index >= 15 is 0 Å². The van der Waals surface area contributed by atoms with E-state index in [9.17, 15) is 9.59 Å². The number of carbonyl (C=O) groups excluding carboxylic acids is 2. The SMILES string of the molecule is Cc1cc(NC(=O)CN2CCN(C(=O)CSc3cc(Cl)ccc3Cl)CC2)no1. The average Bonchev–Trinajstić information content (AvgIpc) is 3.07. The second kappa shape index (κ2) is 9.65. The molecule has 1 aliphatic rings. The van der Waals surface area contributed by atoms with Crippen LogP contribution in [0.4, 0.5) is 5.82 Å². The summed E-state index contributed by atoms with van der Waals surface area (Å²) in [7, 11) is 0. The van der Waals surface area contributed by atoms with Gasteiger partial charge in [-0.1, -0.05) is 28.4 Å². The first-order valence-corrected chi connectivity index (χ1v) is 10.5. The summed E-state index contributed by atoms with van der Waals surface area (Å²) in [6, 6.07) is 6.86. The molecule has 0 atom stereocenters. The van der Waals surface area contributed by atoms with Crippen LogP contribution in [-0.2, 0) is 9.59 Å². The van der Waals surface area contributed by atoms with Gasteiger partial charge >= 0.3 is 0 Å². The number of thioether (sulfide) groups is 1. The zero-order valence-corrected chi connectivity index (χ0v) is 17.6. The number of aryl methyl sites for hydroxylation is 1. The summed E-state index contributed by atoms with van der Waals surface area (Å²) in [4.78, 5) is 29.1. The fourth-order valence-electron chi connectivity index (χ4n) is 2.78. The summed E-state index contributed by atoms with van der Waals surface area (Å²) in [6.45, 7) is 4.45. The van der Waals surface area contributed by atoms with Crippen LogP contribution in [0, 0.1) is 6.92 Å². The van der Waals surface area contributed by atoms with Crippen molar-refractivity contribution in [2.75, 3.05) is 43.8 Å². The third kappa shape index (κ3) is 5.88. The van der Waals surface area contributed by atoms with Crippen molar-refractivity contribution in [3.63, 3.8) is 0 Å². The van der Waals surface area contributed by atoms with E-state index in [1.165, 1.54) is 11.8 Å². The number of hydrogen-bond acceptors (Lipinski definition) is 6. The van der Waals surface area contributed by atoms with Crippen molar-refractivity contribution < 1.29 is 14.1 Å². The highest BCUT2D eigenvalue weighted by molar-refractivity contribution is 8.00. The summed E-state index contributed by atoms with van der Waals surface area (Å²) < 4.78 is 4.92. The lowest BCUT2D eigenvalue weighted by molar-refractivity contribution is -0.130. The maximum absolute atomic E-state index is 12.5. The molecule has 0 unspecified atom stereocenters. The molecule has 28 heavy (non-hydrogen) atoms. The molecule has 0 saturated carbocycles. The van der Waals surface area contributed by atoms with Crippen LogP contribution in [0.25, 0.3) is 0 Å². The zero-order chi connectivity index (χ0) is 20.1. The first-order chi connectivity index (χ1) is 13.4. The second-order valence-electron chi connectivity index (χ2n) is 6.39. The summed E-state index contributed by atoms with van der Waals surface area (Å²) >= 11 is 13.5. The van der Waals surface area contributed by atoms with Gasteiger partial charge in [0.05, 0.1) is 17.3 Å². The molecule has 2 aromatic rings. The van der Waals surface area contributed by atoms with Gasteiger partial charge in [-0.15, -0.1) is 11.8 Å². The standard InChI is InChI=1S/C18H20Cl2N4O3S/c1-12-8-16(22-27-12)21-17(25)10-23-4-6-24(7-5-23)18(26)11-28-15-9-13(19)2-3-14(15)20/h2-3,8-9H,4-7,10-11H2,1H3,(H,21,22,25). The molecule has 150 valence electrons. The van der Waals surface area contributed by atoms with Crippen LogP contribution < -0.4 is 5.32 Å². The number of hydrogen-bond donors (Lipinski definition) is 1. The van der Waals surface area contributed by atoms with Gasteiger partial charge in [0, 0.05) is 42.2 Å². The summed E-state index contributed by atoms with van der Waals surface area (Å²) in [5.74, 6) is 1.24. The van der Waals surface area contributed by atoms with Crippen molar-refractivity contribution in [3.8, 4) is 0 Å². The Bertz CT molecular complexity index is 853. The third-order valence-electron chi connectivity index (χ3n) is 4.23. The number of halogens is 2. The number of piperazine rings is 1. The van der Waals surface area contributed by atoms with Gasteiger partial charge in [0.2, 0.25) is 11.8 Å². The molecule has 1 aliphatic heterocycles. The molecule has 1 aromatic carbocycles. The molecule has 1 N–H and O–H groups in total. The highest BCUT2D eigenvalue weighted by Gasteiger charge is 2.23. The number of anilines is 1. The van der Waals surface area contributed by atoms with Gasteiger partial charge in [-0.05, 0) is 25.1 Å². The zero-order valence-electron chi connectivity index (χ0n) is 15.3. The molecule has 7 nitrogen and oxygen atoms in total. The quantitative estimate of drug-likeness (QED) is 0.692. The van der Waals surface area contributed by atoms with Gasteiger partial charge < -0.3 is 14.7 Å². The first kappa shape index (κ1) is 21.0. The van der Waals surface area contributed by atoms with Crippen molar-refractivity contribution in [1.82, 2.24) is 15.0 Å². The van der Waals surface area contributed by atoms with Crippen LogP contribution in [0.2, 0.25) is 10.0 Å². The van der Waals surface area contributed by atoms with E-state index in [0.717, 1.165) is 4.90 Å². The smallest absolute Gasteiger partial charge is 0.239 e. The van der Waals surface area contributed by atoms with E-state index in [1.807, 2.05) is 4.90 Å². The Morgan fingerprint density at radius 1 is 1.21 bits per heavy atom. The van der Waals surface area contributed by atoms with E-state index in [1.54, 1.807) is 36.1 Å². The lowest BCUT2D eigenvalue weighted by atomic mass is 10.3. The summed E-state index contributed by atoms with van der Waals surface area (Å²) in [6.07, 6.45) is 0. The van der Waals surface area contributed by atoms with Crippen LogP contribution in [0.3, 0.4) is 0 Å². The Morgan fingerprint density at radius 3 is 2.64 bits per heavy atom. The van der Waals surface area contributed by atoms with E-state index < -0.39 is 0 Å². The largest absolute Gasteiger partial charge is 0.360 e. The molecule has 1 fully saturated rings. The normalized spacial score (nSPS) is 14.9. The van der Waals surface area contributed by atoms with E-state index in [2.05, 4.69) is 10.5 Å². The Kier molecular flexibility index (Phi) is 7.23. The predicted molar refractivity (Wildman–Crippen MR) is 110 cm³/mol. The minimum Gasteiger partial charge on any atom is -0.360 e. The topological polar surface area (TPSA) is 78.7 Å². The minimum atomic E-state index is -0.153. The Hall–Kier alpha value is -1.74. The number of carbonyl (C=O) groups is 2. The molecular weight excluding hydrogens is 423 g/mol. The van der Waals surface area contributed by atoms with Gasteiger partial charge in [-0.2, -0.15) is 0 Å². The fourth-order valence-corrected chi connectivity index (χ4v) is 4.18. The van der Waals surface area contributed by atoms with Crippen LogP contribution in [-0.4, -0.2) is 65.2 Å². The van der Waals surface area contributed by atoms with Gasteiger partial charge in [-0.3, -0.25) is 14.5 Å². The van der Waals surface area contributed by atoms with Crippen molar-refractivity contribution in [2.45, 2.75) is 11.8 Å². The van der Waals surface area contributed by atoms with E-state index in [4.69, 9.17) is 27.7 Å². The van der Waals surface area contributed by atoms with Crippen LogP contribution >= 0.6 is 35.0 Å². The Morgan fingerprint density at radius 2 is 1.96 bits per heavy atom. The molecule has 0 aliphatic carbocycles. The molecule has 1 saturated heterocycles. The number of nitrogens with one attached hydrogen (secondary N) is 1. The van der Waals surface area contributed by atoms with Crippen LogP contribution in [0.1, 0.15) is 5.76 Å². The lowest BCUT2D eigenvalue weighted by Gasteiger charge is -2.34. The molecule has 3 rings (SSSR count). The van der Waals surface area contributed by atoms with Crippen molar-refractivity contribution in [3.05, 3.63) is 40.1 Å². The van der Waals surface area contributed by atoms with Crippen molar-refractivity contribution in [2.24, 2.45) is 0 Å². The summed E-state index contributed by atoms with van der Waals surface area (Å²) in [5, 5.41) is 7.62. The number of amides is 2. The van der Waals surface area contributed by atoms with E-state index in [-0.39, 0.29) is 18.4 Å². The third-order valence-corrected chi connectivity index (χ3v) is 5.95. The maximum atomic E-state index is 12.5. The van der Waals surface area contributed by atoms with Crippen LogP contribution in [0.5, 0.6) is 0 Å². The number of rotatable bonds is 6. The van der Waals surface area contributed by atoms with Crippen LogP contribution in [0.15, 0.2) is 33.7 Å². The number of benzene rings is 1. The molecule has 1 aromatic heterocycles. The highest BCUT2D eigenvalue weighted by atomic mass is 35.5. The van der Waals surface area contributed by atoms with Gasteiger partial charge in [0.15, 0.2) is 5.82 Å². The van der Waals surface area contributed by atoms with Crippen molar-refractivity contribution >= 4 is 52.6 Å². The predicted octanol–water partition coefficient (Wildman–Crippen LogP) is 3.16. The number of nitrogens with zero attached hydrogens (tertiary/aromatic N) is 3. The first-order valence-electron chi connectivity index (χ1n) is 8.72. The molecule has 10 heteroatoms. The fraction of sp³-hybridized carbons (Fsp3) is 0.389. The molecule has 0 spiro atoms. The Labute approximate surface area is 177 Å². The maximum Gasteiger partial charge on any atom is 0.239 e. The average molecular weight is 443 g/mol. The minimum absolute atomic E-state index is 0.0446. The highest BCUT2D eigenvalue weighted by Crippen LogP contribution is 2.30.